The van der Waals surface area contributed by atoms with E-state index in [1.165, 1.54) is 6.07 Å². The Morgan fingerprint density at radius 3 is 2.57 bits per heavy atom. The van der Waals surface area contributed by atoms with Crippen LogP contribution in [-0.4, -0.2) is 22.0 Å². The van der Waals surface area contributed by atoms with E-state index in [1.54, 1.807) is 0 Å². The third-order valence-electron chi connectivity index (χ3n) is 4.31. The van der Waals surface area contributed by atoms with E-state index < -0.39 is 10.9 Å². The molecule has 1 aromatic rings. The van der Waals surface area contributed by atoms with Gasteiger partial charge in [0.2, 0.25) is 0 Å². The molecule has 1 saturated carbocycles. The minimum absolute atomic E-state index is 0.0633. The quantitative estimate of drug-likeness (QED) is 0.651. The van der Waals surface area contributed by atoms with Crippen LogP contribution in [0.3, 0.4) is 0 Å². The molecule has 2 rings (SSSR count). The smallest absolute Gasteiger partial charge is 0.338 e. The highest BCUT2D eigenvalue weighted by Crippen LogP contribution is 2.37. The van der Waals surface area contributed by atoms with Crippen LogP contribution in [0.15, 0.2) is 12.1 Å². The Labute approximate surface area is 127 Å². The van der Waals surface area contributed by atoms with Gasteiger partial charge in [0.15, 0.2) is 0 Å². The van der Waals surface area contributed by atoms with E-state index in [-0.39, 0.29) is 28.0 Å². The van der Waals surface area contributed by atoms with Gasteiger partial charge in [-0.2, -0.15) is 0 Å². The van der Waals surface area contributed by atoms with Gasteiger partial charge in [-0.15, -0.1) is 0 Å². The van der Waals surface area contributed by atoms with Gasteiger partial charge >= 0.3 is 5.97 Å². The molecule has 114 valence electrons. The van der Waals surface area contributed by atoms with E-state index in [1.807, 2.05) is 0 Å². The van der Waals surface area contributed by atoms with Gasteiger partial charge in [0.25, 0.3) is 5.69 Å². The maximum atomic E-state index is 11.3. The van der Waals surface area contributed by atoms with Crippen molar-refractivity contribution in [1.82, 2.24) is 0 Å². The van der Waals surface area contributed by atoms with Crippen LogP contribution >= 0.6 is 11.6 Å². The van der Waals surface area contributed by atoms with Crippen molar-refractivity contribution in [2.75, 3.05) is 5.32 Å². The number of rotatable bonds is 4. The van der Waals surface area contributed by atoms with Gasteiger partial charge in [-0.25, -0.2) is 4.79 Å². The minimum atomic E-state index is -1.23. The third kappa shape index (κ3) is 3.10. The van der Waals surface area contributed by atoms with Crippen molar-refractivity contribution in [1.29, 1.82) is 0 Å². The number of hydrogen-bond acceptors (Lipinski definition) is 4. The molecule has 0 aliphatic heterocycles. The number of aromatic carboxylic acids is 1. The van der Waals surface area contributed by atoms with Crippen LogP contribution < -0.4 is 5.32 Å². The van der Waals surface area contributed by atoms with E-state index in [9.17, 15) is 20.0 Å². The van der Waals surface area contributed by atoms with Gasteiger partial charge in [0.05, 0.1) is 21.2 Å². The van der Waals surface area contributed by atoms with Crippen LogP contribution in [0.4, 0.5) is 11.4 Å². The van der Waals surface area contributed by atoms with Gasteiger partial charge in [-0.3, -0.25) is 10.1 Å². The van der Waals surface area contributed by atoms with Crippen molar-refractivity contribution >= 4 is 28.9 Å². The van der Waals surface area contributed by atoms with Crippen LogP contribution in [0.25, 0.3) is 0 Å². The van der Waals surface area contributed by atoms with E-state index >= 15 is 0 Å². The molecule has 6 nitrogen and oxygen atoms in total. The maximum absolute atomic E-state index is 11.3. The van der Waals surface area contributed by atoms with Crippen LogP contribution in [0.2, 0.25) is 5.02 Å². The van der Waals surface area contributed by atoms with Gasteiger partial charge in [0, 0.05) is 18.2 Å². The second-order valence-corrected chi connectivity index (χ2v) is 5.98. The average molecular weight is 313 g/mol. The first-order chi connectivity index (χ1) is 9.81. The summed E-state index contributed by atoms with van der Waals surface area (Å²) in [7, 11) is 0. The predicted molar refractivity (Wildman–Crippen MR) is 80.0 cm³/mol. The Hall–Kier alpha value is -1.82. The monoisotopic (exact) mass is 312 g/mol. The number of hydrogen-bond donors (Lipinski definition) is 2. The summed E-state index contributed by atoms with van der Waals surface area (Å²) in [4.78, 5) is 21.5. The normalized spacial score (nSPS) is 24.8. The Kier molecular flexibility index (Phi) is 4.37. The zero-order valence-corrected chi connectivity index (χ0v) is 12.6. The van der Waals surface area contributed by atoms with Gasteiger partial charge in [-0.1, -0.05) is 25.4 Å². The number of anilines is 1. The van der Waals surface area contributed by atoms with Gasteiger partial charge in [0.1, 0.15) is 0 Å². The molecule has 3 unspecified atom stereocenters. The minimum Gasteiger partial charge on any atom is -0.478 e. The fourth-order valence-electron chi connectivity index (χ4n) is 2.77. The van der Waals surface area contributed by atoms with E-state index in [2.05, 4.69) is 19.2 Å². The molecule has 0 saturated heterocycles. The predicted octanol–water partition coefficient (Wildman–Crippen LogP) is 3.79. The van der Waals surface area contributed by atoms with E-state index in [4.69, 9.17) is 11.6 Å². The maximum Gasteiger partial charge on any atom is 0.338 e. The molecule has 7 heteroatoms. The standard InChI is InChI=1S/C14H17ClN2O4/c1-7-3-4-12(8(7)2)16-13-10(14(18)19)5-9(17(20)21)6-11(13)15/h5-8,12,16H,3-4H2,1-2H3,(H,18,19). The molecule has 1 aromatic carbocycles. The molecule has 21 heavy (non-hydrogen) atoms. The third-order valence-corrected chi connectivity index (χ3v) is 4.61. The number of non-ortho nitro benzene ring substituents is 1. The molecular formula is C14H17ClN2O4. The molecule has 0 heterocycles. The lowest BCUT2D eigenvalue weighted by Crippen LogP contribution is -2.25. The number of halogens is 1. The van der Waals surface area contributed by atoms with Crippen molar-refractivity contribution in [3.63, 3.8) is 0 Å². The second kappa shape index (κ2) is 5.89. The lowest BCUT2D eigenvalue weighted by atomic mass is 9.97. The van der Waals surface area contributed by atoms with Crippen LogP contribution in [0, 0.1) is 22.0 Å². The number of benzene rings is 1. The summed E-state index contributed by atoms with van der Waals surface area (Å²) >= 11 is 6.05. The number of nitro groups is 1. The SMILES string of the molecule is CC1CCC(Nc2c(Cl)cc([N+](=O)[O-])cc2C(=O)O)C1C. The molecule has 0 aromatic heterocycles. The number of nitrogens with one attached hydrogen (secondary N) is 1. The summed E-state index contributed by atoms with van der Waals surface area (Å²) in [5, 5.41) is 23.3. The summed E-state index contributed by atoms with van der Waals surface area (Å²) in [6.45, 7) is 4.26. The highest BCUT2D eigenvalue weighted by Gasteiger charge is 2.31. The van der Waals surface area contributed by atoms with Crippen molar-refractivity contribution in [3.05, 3.63) is 32.8 Å². The first-order valence-corrected chi connectivity index (χ1v) is 7.16. The summed E-state index contributed by atoms with van der Waals surface area (Å²) in [6.07, 6.45) is 1.99. The Morgan fingerprint density at radius 1 is 1.43 bits per heavy atom. The van der Waals surface area contributed by atoms with Crippen molar-refractivity contribution in [2.24, 2.45) is 11.8 Å². The van der Waals surface area contributed by atoms with Crippen LogP contribution in [0.5, 0.6) is 0 Å². The number of nitrogens with zero attached hydrogens (tertiary/aromatic N) is 1. The lowest BCUT2D eigenvalue weighted by Gasteiger charge is -2.22. The highest BCUT2D eigenvalue weighted by atomic mass is 35.5. The van der Waals surface area contributed by atoms with E-state index in [0.717, 1.165) is 18.9 Å². The topological polar surface area (TPSA) is 92.5 Å². The molecule has 0 amide bonds. The van der Waals surface area contributed by atoms with Crippen molar-refractivity contribution < 1.29 is 14.8 Å². The lowest BCUT2D eigenvalue weighted by molar-refractivity contribution is -0.384. The molecule has 1 aliphatic carbocycles. The molecule has 3 atom stereocenters. The molecule has 0 spiro atoms. The zero-order valence-electron chi connectivity index (χ0n) is 11.8. The van der Waals surface area contributed by atoms with Crippen molar-refractivity contribution in [3.8, 4) is 0 Å². The fraction of sp³-hybridized carbons (Fsp3) is 0.500. The van der Waals surface area contributed by atoms with Crippen LogP contribution in [-0.2, 0) is 0 Å². The number of nitro benzene ring substituents is 1. The van der Waals surface area contributed by atoms with Gasteiger partial charge in [-0.05, 0) is 24.7 Å². The molecule has 0 radical (unpaired) electrons. The average Bonchev–Trinajstić information content (AvgIpc) is 2.72. The largest absolute Gasteiger partial charge is 0.478 e. The zero-order chi connectivity index (χ0) is 15.7. The molecule has 1 aliphatic rings. The Balaban J connectivity index is 2.38. The van der Waals surface area contributed by atoms with Crippen LogP contribution in [0.1, 0.15) is 37.0 Å². The summed E-state index contributed by atoms with van der Waals surface area (Å²) in [5.41, 5.74) is -0.225. The number of carboxylic acids is 1. The number of carbonyl (C=O) groups is 1. The van der Waals surface area contributed by atoms with Crippen molar-refractivity contribution in [2.45, 2.75) is 32.7 Å². The molecule has 0 bridgehead atoms. The highest BCUT2D eigenvalue weighted by molar-refractivity contribution is 6.34. The summed E-state index contributed by atoms with van der Waals surface area (Å²) in [6, 6.07) is 2.34. The van der Waals surface area contributed by atoms with Gasteiger partial charge < -0.3 is 10.4 Å². The second-order valence-electron chi connectivity index (χ2n) is 5.58. The fourth-order valence-corrected chi connectivity index (χ4v) is 3.04. The molecule has 1 fully saturated rings. The molecule has 2 N–H and O–H groups in total. The Bertz CT molecular complexity index is 591. The summed E-state index contributed by atoms with van der Waals surface area (Å²) < 4.78 is 0. The first-order valence-electron chi connectivity index (χ1n) is 6.79. The summed E-state index contributed by atoms with van der Waals surface area (Å²) in [5.74, 6) is -0.299. The van der Waals surface area contributed by atoms with E-state index in [0.29, 0.717) is 11.8 Å². The number of carboxylic acid groups (broad SMARTS) is 1. The first kappa shape index (κ1) is 15.6. The Morgan fingerprint density at radius 2 is 2.10 bits per heavy atom. The molecular weight excluding hydrogens is 296 g/mol.